The van der Waals surface area contributed by atoms with E-state index in [1.165, 1.54) is 0 Å². The Morgan fingerprint density at radius 2 is 2.03 bits per heavy atom. The highest BCUT2D eigenvalue weighted by Crippen LogP contribution is 2.35. The maximum absolute atomic E-state index is 11.1. The number of hydrogen-bond acceptors (Lipinski definition) is 3. The predicted molar refractivity (Wildman–Crippen MR) is 111 cm³/mol. The van der Waals surface area contributed by atoms with Crippen LogP contribution in [-0.4, -0.2) is 22.1 Å². The molecule has 1 aromatic heterocycles. The van der Waals surface area contributed by atoms with Gasteiger partial charge in [0.2, 0.25) is 6.41 Å². The maximum Gasteiger partial charge on any atom is 0.303 e. The van der Waals surface area contributed by atoms with Crippen molar-refractivity contribution in [1.82, 2.24) is 4.57 Å². The third-order valence-electron chi connectivity index (χ3n) is 4.60. The van der Waals surface area contributed by atoms with Gasteiger partial charge >= 0.3 is 5.97 Å². The molecule has 2 N–H and O–H groups in total. The number of rotatable bonds is 7. The first-order valence-corrected chi connectivity index (χ1v) is 9.26. The van der Waals surface area contributed by atoms with E-state index in [1.807, 2.05) is 29.7 Å². The Morgan fingerprint density at radius 1 is 1.24 bits per heavy atom. The number of aliphatic carboxylic acids is 1. The van der Waals surface area contributed by atoms with Crippen molar-refractivity contribution in [3.63, 3.8) is 0 Å². The average molecular weight is 408 g/mol. The number of halogens is 1. The molecule has 1 amide bonds. The van der Waals surface area contributed by atoms with Gasteiger partial charge in [0.15, 0.2) is 0 Å². The van der Waals surface area contributed by atoms with Crippen LogP contribution in [0.4, 0.5) is 5.69 Å². The third-order valence-corrected chi connectivity index (χ3v) is 4.83. The molecule has 29 heavy (non-hydrogen) atoms. The monoisotopic (exact) mass is 407 g/mol. The number of anilines is 1. The van der Waals surface area contributed by atoms with Gasteiger partial charge in [0.05, 0.1) is 29.4 Å². The fourth-order valence-electron chi connectivity index (χ4n) is 3.30. The van der Waals surface area contributed by atoms with Gasteiger partial charge in [0.25, 0.3) is 0 Å². The summed E-state index contributed by atoms with van der Waals surface area (Å²) in [6.07, 6.45) is 0.901. The summed E-state index contributed by atoms with van der Waals surface area (Å²) in [4.78, 5) is 22.2. The Hall–Kier alpha value is -3.56. The van der Waals surface area contributed by atoms with Gasteiger partial charge in [-0.05, 0) is 67.4 Å². The van der Waals surface area contributed by atoms with E-state index < -0.39 is 5.97 Å². The van der Waals surface area contributed by atoms with Gasteiger partial charge in [0, 0.05) is 22.0 Å². The number of nitriles is 1. The lowest BCUT2D eigenvalue weighted by Crippen LogP contribution is -2.07. The van der Waals surface area contributed by atoms with Crippen LogP contribution in [0, 0.1) is 18.3 Å². The molecule has 0 aliphatic rings. The molecule has 3 aromatic rings. The summed E-state index contributed by atoms with van der Waals surface area (Å²) >= 11 is 6.09. The average Bonchev–Trinajstić information content (AvgIpc) is 3.10. The highest BCUT2D eigenvalue weighted by Gasteiger charge is 2.17. The molecule has 0 aliphatic carbocycles. The molecular formula is C22H18ClN3O3. The number of nitrogens with one attached hydrogen (secondary N) is 1. The maximum atomic E-state index is 11.1. The standard InChI is InChI=1S/C22H18ClN3O3/c1-14-10-15(12-24)2-7-20(14)26-17(5-9-22(28)29)4-8-21(26)18-6-3-16(23)11-19(18)25-13-27/h2-4,6-8,10-11,13H,5,9H2,1H3,(H,25,27)(H,28,29). The lowest BCUT2D eigenvalue weighted by Gasteiger charge is -2.18. The second kappa shape index (κ2) is 8.63. The molecule has 0 spiro atoms. The van der Waals surface area contributed by atoms with Crippen LogP contribution in [0.5, 0.6) is 0 Å². The highest BCUT2D eigenvalue weighted by molar-refractivity contribution is 6.31. The molecule has 7 heteroatoms. The van der Waals surface area contributed by atoms with Gasteiger partial charge in [-0.1, -0.05) is 11.6 Å². The summed E-state index contributed by atoms with van der Waals surface area (Å²) < 4.78 is 1.96. The molecular weight excluding hydrogens is 390 g/mol. The van der Waals surface area contributed by atoms with E-state index in [1.54, 1.807) is 30.3 Å². The van der Waals surface area contributed by atoms with Crippen LogP contribution in [-0.2, 0) is 16.0 Å². The molecule has 0 bridgehead atoms. The van der Waals surface area contributed by atoms with Crippen LogP contribution in [0.2, 0.25) is 5.02 Å². The Kier molecular flexibility index (Phi) is 6.01. The van der Waals surface area contributed by atoms with E-state index in [0.717, 1.165) is 28.2 Å². The minimum atomic E-state index is -0.884. The second-order valence-corrected chi connectivity index (χ2v) is 6.94. The molecule has 0 unspecified atom stereocenters. The molecule has 6 nitrogen and oxygen atoms in total. The van der Waals surface area contributed by atoms with E-state index in [-0.39, 0.29) is 6.42 Å². The number of carbonyl (C=O) groups is 2. The first kappa shape index (κ1) is 20.2. The van der Waals surface area contributed by atoms with Crippen molar-refractivity contribution < 1.29 is 14.7 Å². The van der Waals surface area contributed by atoms with Crippen molar-refractivity contribution in [3.05, 3.63) is 70.4 Å². The zero-order chi connectivity index (χ0) is 21.0. The van der Waals surface area contributed by atoms with Crippen molar-refractivity contribution in [1.29, 1.82) is 5.26 Å². The summed E-state index contributed by atoms with van der Waals surface area (Å²) in [5.74, 6) is -0.884. The number of carboxylic acid groups (broad SMARTS) is 1. The largest absolute Gasteiger partial charge is 0.481 e. The molecule has 1 heterocycles. The van der Waals surface area contributed by atoms with E-state index in [4.69, 9.17) is 22.0 Å². The first-order chi connectivity index (χ1) is 13.9. The molecule has 2 aromatic carbocycles. The molecule has 0 atom stereocenters. The topological polar surface area (TPSA) is 95.1 Å². The summed E-state index contributed by atoms with van der Waals surface area (Å²) in [5, 5.41) is 21.4. The van der Waals surface area contributed by atoms with Gasteiger partial charge in [-0.15, -0.1) is 0 Å². The van der Waals surface area contributed by atoms with Crippen LogP contribution in [0.25, 0.3) is 16.9 Å². The smallest absolute Gasteiger partial charge is 0.303 e. The minimum Gasteiger partial charge on any atom is -0.481 e. The van der Waals surface area contributed by atoms with Crippen molar-refractivity contribution >= 4 is 29.7 Å². The quantitative estimate of drug-likeness (QED) is 0.561. The van der Waals surface area contributed by atoms with Gasteiger partial charge in [-0.2, -0.15) is 5.26 Å². The first-order valence-electron chi connectivity index (χ1n) is 8.88. The number of hydrogen-bond donors (Lipinski definition) is 2. The fourth-order valence-corrected chi connectivity index (χ4v) is 3.47. The van der Waals surface area contributed by atoms with Gasteiger partial charge in [0.1, 0.15) is 0 Å². The van der Waals surface area contributed by atoms with Crippen molar-refractivity contribution in [2.24, 2.45) is 0 Å². The minimum absolute atomic E-state index is 0.0150. The summed E-state index contributed by atoms with van der Waals surface area (Å²) in [6, 6.07) is 16.4. The van der Waals surface area contributed by atoms with E-state index in [0.29, 0.717) is 29.1 Å². The molecule has 0 radical (unpaired) electrons. The Bertz CT molecular complexity index is 1130. The molecule has 0 saturated heterocycles. The van der Waals surface area contributed by atoms with Crippen molar-refractivity contribution in [2.75, 3.05) is 5.32 Å². The highest BCUT2D eigenvalue weighted by atomic mass is 35.5. The number of aryl methyl sites for hydroxylation is 2. The van der Waals surface area contributed by atoms with Gasteiger partial charge in [-0.25, -0.2) is 0 Å². The van der Waals surface area contributed by atoms with Gasteiger partial charge < -0.3 is 15.0 Å². The summed E-state index contributed by atoms with van der Waals surface area (Å²) in [5.41, 5.74) is 5.12. The Morgan fingerprint density at radius 3 is 2.69 bits per heavy atom. The van der Waals surface area contributed by atoms with Crippen LogP contribution in [0.15, 0.2) is 48.5 Å². The van der Waals surface area contributed by atoms with E-state index in [2.05, 4.69) is 11.4 Å². The molecule has 0 aliphatic heterocycles. The van der Waals surface area contributed by atoms with Crippen molar-refractivity contribution in [2.45, 2.75) is 19.8 Å². The van der Waals surface area contributed by atoms with Crippen LogP contribution in [0.3, 0.4) is 0 Å². The lowest BCUT2D eigenvalue weighted by atomic mass is 10.1. The predicted octanol–water partition coefficient (Wildman–Crippen LogP) is 4.56. The molecule has 0 saturated carbocycles. The SMILES string of the molecule is Cc1cc(C#N)ccc1-n1c(CCC(=O)O)ccc1-c1ccc(Cl)cc1NC=O. The third kappa shape index (κ3) is 4.31. The Balaban J connectivity index is 2.23. The number of carbonyl (C=O) groups excluding carboxylic acids is 1. The zero-order valence-electron chi connectivity index (χ0n) is 15.6. The molecule has 0 fully saturated rings. The fraction of sp³-hybridized carbons (Fsp3) is 0.136. The molecule has 146 valence electrons. The number of amides is 1. The number of benzene rings is 2. The zero-order valence-corrected chi connectivity index (χ0v) is 16.4. The number of carboxylic acids is 1. The van der Waals surface area contributed by atoms with Crippen LogP contribution >= 0.6 is 11.6 Å². The second-order valence-electron chi connectivity index (χ2n) is 6.50. The van der Waals surface area contributed by atoms with E-state index >= 15 is 0 Å². The van der Waals surface area contributed by atoms with E-state index in [9.17, 15) is 9.59 Å². The van der Waals surface area contributed by atoms with Crippen molar-refractivity contribution in [3.8, 4) is 23.0 Å². The summed E-state index contributed by atoms with van der Waals surface area (Å²) in [7, 11) is 0. The van der Waals surface area contributed by atoms with Gasteiger partial charge in [-0.3, -0.25) is 9.59 Å². The van der Waals surface area contributed by atoms with Crippen LogP contribution in [0.1, 0.15) is 23.2 Å². The lowest BCUT2D eigenvalue weighted by molar-refractivity contribution is -0.137. The number of nitrogens with zero attached hydrogens (tertiary/aromatic N) is 2. The van der Waals surface area contributed by atoms with Crippen LogP contribution < -0.4 is 5.32 Å². The normalized spacial score (nSPS) is 10.4. The number of aromatic nitrogens is 1. The summed E-state index contributed by atoms with van der Waals surface area (Å²) in [6.45, 7) is 1.90. The Labute approximate surface area is 173 Å². The molecule has 3 rings (SSSR count).